The molecule has 36 heavy (non-hydrogen) atoms. The van der Waals surface area contributed by atoms with Crippen molar-refractivity contribution in [3.8, 4) is 20.9 Å². The zero-order valence-electron chi connectivity index (χ0n) is 20.2. The lowest BCUT2D eigenvalue weighted by Gasteiger charge is -2.03. The molecular formula is C28H24O6S2. The summed E-state index contributed by atoms with van der Waals surface area (Å²) in [5.74, 6) is -0.814. The molecule has 0 saturated carbocycles. The number of thiophene rings is 2. The van der Waals surface area contributed by atoms with Gasteiger partial charge in [0.15, 0.2) is 12.6 Å². The lowest BCUT2D eigenvalue weighted by Crippen LogP contribution is -2.03. The SMILES string of the molecule is COC(=O)c1c(-c2ccccc2)sc(C=O)c1C.COC(=O)c1c(-c2ccccc2)sc(C=O)c1C. The average molecular weight is 521 g/mol. The van der Waals surface area contributed by atoms with E-state index in [1.165, 1.54) is 36.9 Å². The Bertz CT molecular complexity index is 1280. The van der Waals surface area contributed by atoms with Crippen LogP contribution in [0.15, 0.2) is 60.7 Å². The smallest absolute Gasteiger partial charge is 0.339 e. The molecule has 0 amide bonds. The third-order valence-corrected chi connectivity index (χ3v) is 7.96. The maximum absolute atomic E-state index is 11.8. The van der Waals surface area contributed by atoms with E-state index in [9.17, 15) is 19.2 Å². The summed E-state index contributed by atoms with van der Waals surface area (Å²) in [7, 11) is 2.68. The van der Waals surface area contributed by atoms with Crippen LogP contribution in [0.2, 0.25) is 0 Å². The Kier molecular flexibility index (Phi) is 9.05. The molecule has 4 aromatic rings. The summed E-state index contributed by atoms with van der Waals surface area (Å²) in [6.45, 7) is 3.53. The van der Waals surface area contributed by atoms with Gasteiger partial charge in [-0.05, 0) is 36.1 Å². The number of hydrogen-bond donors (Lipinski definition) is 0. The van der Waals surface area contributed by atoms with Crippen molar-refractivity contribution in [3.05, 3.63) is 92.7 Å². The monoisotopic (exact) mass is 520 g/mol. The van der Waals surface area contributed by atoms with Crippen LogP contribution in [-0.4, -0.2) is 38.7 Å². The molecule has 0 unspecified atom stereocenters. The molecular weight excluding hydrogens is 496 g/mol. The Morgan fingerprint density at radius 1 is 0.639 bits per heavy atom. The number of methoxy groups -OCH3 is 2. The molecule has 2 aromatic heterocycles. The largest absolute Gasteiger partial charge is 0.465 e. The van der Waals surface area contributed by atoms with E-state index >= 15 is 0 Å². The van der Waals surface area contributed by atoms with Crippen LogP contribution >= 0.6 is 22.7 Å². The van der Waals surface area contributed by atoms with Gasteiger partial charge in [0.05, 0.1) is 35.1 Å². The number of carbonyl (C=O) groups excluding carboxylic acids is 4. The van der Waals surface area contributed by atoms with Crippen molar-refractivity contribution in [2.24, 2.45) is 0 Å². The summed E-state index contributed by atoms with van der Waals surface area (Å²) in [6.07, 6.45) is 1.55. The predicted molar refractivity (Wildman–Crippen MR) is 142 cm³/mol. The molecule has 184 valence electrons. The minimum Gasteiger partial charge on any atom is -0.465 e. The van der Waals surface area contributed by atoms with Crippen LogP contribution in [0, 0.1) is 13.8 Å². The normalized spacial score (nSPS) is 10.1. The summed E-state index contributed by atoms with van der Waals surface area (Å²) >= 11 is 2.63. The number of aldehydes is 2. The van der Waals surface area contributed by atoms with Gasteiger partial charge in [0, 0.05) is 9.75 Å². The lowest BCUT2D eigenvalue weighted by atomic mass is 10.1. The molecule has 2 heterocycles. The van der Waals surface area contributed by atoms with Crippen LogP contribution < -0.4 is 0 Å². The van der Waals surface area contributed by atoms with Gasteiger partial charge >= 0.3 is 11.9 Å². The van der Waals surface area contributed by atoms with Crippen LogP contribution in [0.3, 0.4) is 0 Å². The fourth-order valence-electron chi connectivity index (χ4n) is 3.57. The average Bonchev–Trinajstić information content (AvgIpc) is 3.45. The highest BCUT2D eigenvalue weighted by Gasteiger charge is 2.23. The number of hydrogen-bond acceptors (Lipinski definition) is 8. The van der Waals surface area contributed by atoms with Crippen molar-refractivity contribution in [2.75, 3.05) is 14.2 Å². The van der Waals surface area contributed by atoms with E-state index in [0.29, 0.717) is 32.0 Å². The highest BCUT2D eigenvalue weighted by molar-refractivity contribution is 7.18. The first-order chi connectivity index (χ1) is 17.4. The number of ether oxygens (including phenoxy) is 2. The number of benzene rings is 2. The highest BCUT2D eigenvalue weighted by Crippen LogP contribution is 2.37. The summed E-state index contributed by atoms with van der Waals surface area (Å²) in [6, 6.07) is 19.0. The van der Waals surface area contributed by atoms with Gasteiger partial charge < -0.3 is 9.47 Å². The summed E-state index contributed by atoms with van der Waals surface area (Å²) < 4.78 is 9.58. The van der Waals surface area contributed by atoms with E-state index in [2.05, 4.69) is 0 Å². The van der Waals surface area contributed by atoms with Crippen molar-refractivity contribution in [2.45, 2.75) is 13.8 Å². The number of carbonyl (C=O) groups is 4. The predicted octanol–water partition coefficient (Wildman–Crippen LogP) is 6.65. The first-order valence-corrected chi connectivity index (χ1v) is 12.5. The minimum atomic E-state index is -0.407. The van der Waals surface area contributed by atoms with Crippen LogP contribution in [-0.2, 0) is 9.47 Å². The van der Waals surface area contributed by atoms with E-state index in [4.69, 9.17) is 9.47 Å². The Morgan fingerprint density at radius 3 is 1.25 bits per heavy atom. The van der Waals surface area contributed by atoms with Gasteiger partial charge in [-0.15, -0.1) is 22.7 Å². The number of esters is 2. The molecule has 2 aromatic carbocycles. The summed E-state index contributed by atoms with van der Waals surface area (Å²) in [4.78, 5) is 48.3. The van der Waals surface area contributed by atoms with Crippen LogP contribution in [0.5, 0.6) is 0 Å². The first kappa shape index (κ1) is 26.7. The standard InChI is InChI=1S/2C14H12O3S/c2*1-9-11(8-15)18-13(12(9)14(16)17-2)10-6-4-3-5-7-10/h2*3-8H,1-2H3. The van der Waals surface area contributed by atoms with E-state index < -0.39 is 11.9 Å². The fraction of sp³-hybridized carbons (Fsp3) is 0.143. The molecule has 0 spiro atoms. The van der Waals surface area contributed by atoms with Gasteiger partial charge in [-0.3, -0.25) is 9.59 Å². The molecule has 0 aliphatic heterocycles. The Morgan fingerprint density at radius 2 is 0.972 bits per heavy atom. The maximum atomic E-state index is 11.8. The van der Waals surface area contributed by atoms with E-state index in [1.54, 1.807) is 13.8 Å². The van der Waals surface area contributed by atoms with Crippen molar-refractivity contribution >= 4 is 47.2 Å². The zero-order chi connectivity index (χ0) is 26.2. The Labute approximate surface area is 217 Å². The van der Waals surface area contributed by atoms with E-state index in [0.717, 1.165) is 33.5 Å². The lowest BCUT2D eigenvalue weighted by molar-refractivity contribution is 0.0592. The van der Waals surface area contributed by atoms with Crippen LogP contribution in [0.4, 0.5) is 0 Å². The second-order valence-corrected chi connectivity index (χ2v) is 9.65. The molecule has 0 saturated heterocycles. The molecule has 0 bridgehead atoms. The number of rotatable bonds is 6. The van der Waals surface area contributed by atoms with Gasteiger partial charge in [0.1, 0.15) is 0 Å². The minimum absolute atomic E-state index is 0.407. The maximum Gasteiger partial charge on any atom is 0.339 e. The molecule has 0 atom stereocenters. The second kappa shape index (κ2) is 12.2. The van der Waals surface area contributed by atoms with Crippen LogP contribution in [0.1, 0.15) is 51.2 Å². The van der Waals surface area contributed by atoms with Crippen molar-refractivity contribution in [1.82, 2.24) is 0 Å². The van der Waals surface area contributed by atoms with Gasteiger partial charge in [0.2, 0.25) is 0 Å². The van der Waals surface area contributed by atoms with Crippen LogP contribution in [0.25, 0.3) is 20.9 Å². The van der Waals surface area contributed by atoms with E-state index in [-0.39, 0.29) is 0 Å². The summed E-state index contributed by atoms with van der Waals surface area (Å²) in [5.41, 5.74) is 4.16. The molecule has 0 N–H and O–H groups in total. The zero-order valence-corrected chi connectivity index (χ0v) is 21.8. The highest BCUT2D eigenvalue weighted by atomic mass is 32.1. The fourth-order valence-corrected chi connectivity index (χ4v) is 5.80. The third kappa shape index (κ3) is 5.50. The van der Waals surface area contributed by atoms with E-state index in [1.807, 2.05) is 60.7 Å². The molecule has 0 radical (unpaired) electrons. The second-order valence-electron chi connectivity index (χ2n) is 7.54. The quantitative estimate of drug-likeness (QED) is 0.209. The van der Waals surface area contributed by atoms with Gasteiger partial charge in [-0.2, -0.15) is 0 Å². The topological polar surface area (TPSA) is 86.7 Å². The van der Waals surface area contributed by atoms with Crippen molar-refractivity contribution < 1.29 is 28.7 Å². The first-order valence-electron chi connectivity index (χ1n) is 10.8. The molecule has 4 rings (SSSR count). The van der Waals surface area contributed by atoms with Crippen molar-refractivity contribution in [1.29, 1.82) is 0 Å². The molecule has 0 aliphatic carbocycles. The Balaban J connectivity index is 0.000000201. The Hall–Kier alpha value is -3.88. The van der Waals surface area contributed by atoms with Gasteiger partial charge in [0.25, 0.3) is 0 Å². The molecule has 0 fully saturated rings. The van der Waals surface area contributed by atoms with Gasteiger partial charge in [-0.1, -0.05) is 60.7 Å². The third-order valence-electron chi connectivity index (χ3n) is 5.43. The molecule has 8 heteroatoms. The molecule has 0 aliphatic rings. The molecule has 6 nitrogen and oxygen atoms in total. The van der Waals surface area contributed by atoms with Crippen molar-refractivity contribution in [3.63, 3.8) is 0 Å². The summed E-state index contributed by atoms with van der Waals surface area (Å²) in [5, 5.41) is 0. The van der Waals surface area contributed by atoms with Gasteiger partial charge in [-0.25, -0.2) is 9.59 Å².